The molecule has 5 nitrogen and oxygen atoms in total. The Kier molecular flexibility index (Phi) is 3.29. The summed E-state index contributed by atoms with van der Waals surface area (Å²) in [7, 11) is 0. The maximum absolute atomic E-state index is 11.3. The molecule has 98 valence electrons. The van der Waals surface area contributed by atoms with Crippen molar-refractivity contribution < 1.29 is 13.9 Å². The summed E-state index contributed by atoms with van der Waals surface area (Å²) < 4.78 is 10.3. The Morgan fingerprint density at radius 3 is 2.89 bits per heavy atom. The van der Waals surface area contributed by atoms with Crippen molar-refractivity contribution in [3.8, 4) is 11.5 Å². The van der Waals surface area contributed by atoms with E-state index in [0.29, 0.717) is 25.5 Å². The molecule has 0 saturated carbocycles. The molecule has 2 aromatic rings. The van der Waals surface area contributed by atoms with Crippen molar-refractivity contribution in [2.75, 3.05) is 13.2 Å². The van der Waals surface area contributed by atoms with E-state index >= 15 is 0 Å². The first-order chi connectivity index (χ1) is 9.33. The van der Waals surface area contributed by atoms with E-state index < -0.39 is 0 Å². The van der Waals surface area contributed by atoms with E-state index in [0.717, 1.165) is 11.3 Å². The summed E-state index contributed by atoms with van der Waals surface area (Å²) in [6.45, 7) is 1.08. The average Bonchev–Trinajstić information content (AvgIpc) is 3.20. The second kappa shape index (κ2) is 5.24. The van der Waals surface area contributed by atoms with Crippen LogP contribution in [0.5, 0.6) is 0 Å². The maximum Gasteiger partial charge on any atom is 0.251 e. The molecule has 1 fully saturated rings. The van der Waals surface area contributed by atoms with Crippen LogP contribution in [-0.2, 0) is 16.0 Å². The summed E-state index contributed by atoms with van der Waals surface area (Å²) in [6.07, 6.45) is 2.04. The van der Waals surface area contributed by atoms with Crippen LogP contribution in [0.3, 0.4) is 0 Å². The lowest BCUT2D eigenvalue weighted by atomic mass is 10.2. The number of epoxide rings is 1. The average molecular weight is 258 g/mol. The third-order valence-corrected chi connectivity index (χ3v) is 2.88. The van der Waals surface area contributed by atoms with E-state index in [1.807, 2.05) is 30.3 Å². The summed E-state index contributed by atoms with van der Waals surface area (Å²) in [5, 5.41) is 2.80. The van der Waals surface area contributed by atoms with Crippen molar-refractivity contribution in [2.45, 2.75) is 12.5 Å². The minimum atomic E-state index is -0.239. The van der Waals surface area contributed by atoms with Gasteiger partial charge in [0.05, 0.1) is 12.3 Å². The monoisotopic (exact) mass is 258 g/mol. The Bertz CT molecular complexity index is 561. The molecule has 1 saturated heterocycles. The number of oxazole rings is 1. The summed E-state index contributed by atoms with van der Waals surface area (Å²) in [5.74, 6) is 0.555. The van der Waals surface area contributed by atoms with E-state index in [-0.39, 0.29) is 12.0 Å². The molecule has 0 bridgehead atoms. The molecule has 3 rings (SSSR count). The van der Waals surface area contributed by atoms with E-state index in [1.165, 1.54) is 0 Å². The van der Waals surface area contributed by atoms with E-state index in [4.69, 9.17) is 9.15 Å². The van der Waals surface area contributed by atoms with Crippen molar-refractivity contribution in [1.82, 2.24) is 10.3 Å². The zero-order valence-electron chi connectivity index (χ0n) is 10.3. The first kappa shape index (κ1) is 11.9. The van der Waals surface area contributed by atoms with Crippen molar-refractivity contribution in [2.24, 2.45) is 0 Å². The third kappa shape index (κ3) is 3.00. The van der Waals surface area contributed by atoms with Crippen molar-refractivity contribution in [3.63, 3.8) is 0 Å². The largest absolute Gasteiger partial charge is 0.444 e. The quantitative estimate of drug-likeness (QED) is 0.823. The normalized spacial score (nSPS) is 17.2. The standard InChI is InChI=1S/C14H14N2O3/c17-13(12-9-18-12)15-7-6-11-8-19-14(16-11)10-4-2-1-3-5-10/h1-5,8,12H,6-7,9H2,(H,15,17). The molecule has 1 amide bonds. The van der Waals surface area contributed by atoms with Crippen LogP contribution < -0.4 is 5.32 Å². The zero-order chi connectivity index (χ0) is 13.1. The molecule has 0 radical (unpaired) electrons. The highest BCUT2D eigenvalue weighted by molar-refractivity contribution is 5.82. The van der Waals surface area contributed by atoms with Crippen molar-refractivity contribution in [3.05, 3.63) is 42.3 Å². The number of aromatic nitrogens is 1. The minimum Gasteiger partial charge on any atom is -0.444 e. The van der Waals surface area contributed by atoms with Crippen molar-refractivity contribution >= 4 is 5.91 Å². The lowest BCUT2D eigenvalue weighted by Crippen LogP contribution is -2.29. The molecular formula is C14H14N2O3. The Hall–Kier alpha value is -2.14. The molecule has 2 heterocycles. The lowest BCUT2D eigenvalue weighted by Gasteiger charge is -1.99. The van der Waals surface area contributed by atoms with Crippen LogP contribution in [0.4, 0.5) is 0 Å². The smallest absolute Gasteiger partial charge is 0.251 e. The Morgan fingerprint density at radius 2 is 2.16 bits per heavy atom. The van der Waals surface area contributed by atoms with E-state index in [2.05, 4.69) is 10.3 Å². The van der Waals surface area contributed by atoms with Crippen LogP contribution in [0.15, 0.2) is 41.0 Å². The highest BCUT2D eigenvalue weighted by Gasteiger charge is 2.30. The summed E-state index contributed by atoms with van der Waals surface area (Å²) in [4.78, 5) is 15.7. The molecule has 1 unspecified atom stereocenters. The van der Waals surface area contributed by atoms with Gasteiger partial charge in [0.2, 0.25) is 5.89 Å². The highest BCUT2D eigenvalue weighted by atomic mass is 16.6. The number of nitrogens with one attached hydrogen (secondary N) is 1. The summed E-state index contributed by atoms with van der Waals surface area (Å²) in [5.41, 5.74) is 1.78. The number of carbonyl (C=O) groups excluding carboxylic acids is 1. The van der Waals surface area contributed by atoms with Gasteiger partial charge in [0.1, 0.15) is 6.26 Å². The molecule has 5 heteroatoms. The zero-order valence-corrected chi connectivity index (χ0v) is 10.3. The van der Waals surface area contributed by atoms with Gasteiger partial charge in [-0.05, 0) is 12.1 Å². The third-order valence-electron chi connectivity index (χ3n) is 2.88. The Balaban J connectivity index is 1.54. The first-order valence-corrected chi connectivity index (χ1v) is 6.22. The number of nitrogens with zero attached hydrogens (tertiary/aromatic N) is 1. The molecule has 1 atom stereocenters. The molecule has 19 heavy (non-hydrogen) atoms. The van der Waals surface area contributed by atoms with Crippen LogP contribution in [0.25, 0.3) is 11.5 Å². The lowest BCUT2D eigenvalue weighted by molar-refractivity contribution is -0.122. The van der Waals surface area contributed by atoms with Crippen LogP contribution in [0.2, 0.25) is 0 Å². The minimum absolute atomic E-state index is 0.0493. The van der Waals surface area contributed by atoms with Gasteiger partial charge in [0.15, 0.2) is 6.10 Å². The van der Waals surface area contributed by atoms with Gasteiger partial charge in [0, 0.05) is 18.5 Å². The molecule has 1 aliphatic rings. The Morgan fingerprint density at radius 1 is 1.37 bits per heavy atom. The number of carbonyl (C=O) groups is 1. The predicted octanol–water partition coefficient (Wildman–Crippen LogP) is 1.40. The SMILES string of the molecule is O=C(NCCc1coc(-c2ccccc2)n1)C1CO1. The number of rotatable bonds is 5. The second-order valence-electron chi connectivity index (χ2n) is 4.37. The van der Waals surface area contributed by atoms with Crippen LogP contribution in [-0.4, -0.2) is 30.1 Å². The molecule has 0 aliphatic carbocycles. The van der Waals surface area contributed by atoms with Crippen LogP contribution in [0, 0.1) is 0 Å². The fourth-order valence-electron chi connectivity index (χ4n) is 1.76. The topological polar surface area (TPSA) is 67.7 Å². The molecular weight excluding hydrogens is 244 g/mol. The second-order valence-corrected chi connectivity index (χ2v) is 4.37. The van der Waals surface area contributed by atoms with Gasteiger partial charge in [-0.15, -0.1) is 0 Å². The number of amides is 1. The molecule has 1 aliphatic heterocycles. The van der Waals surface area contributed by atoms with Gasteiger partial charge >= 0.3 is 0 Å². The predicted molar refractivity (Wildman–Crippen MR) is 68.4 cm³/mol. The summed E-state index contributed by atoms with van der Waals surface area (Å²) >= 11 is 0. The van der Waals surface area contributed by atoms with Crippen LogP contribution in [0.1, 0.15) is 5.69 Å². The molecule has 0 spiro atoms. The molecule has 1 aromatic carbocycles. The first-order valence-electron chi connectivity index (χ1n) is 6.22. The summed E-state index contributed by atoms with van der Waals surface area (Å²) in [6, 6.07) is 9.72. The number of hydrogen-bond donors (Lipinski definition) is 1. The number of benzene rings is 1. The number of hydrogen-bond acceptors (Lipinski definition) is 4. The van der Waals surface area contributed by atoms with Crippen molar-refractivity contribution in [1.29, 1.82) is 0 Å². The van der Waals surface area contributed by atoms with Gasteiger partial charge in [-0.2, -0.15) is 0 Å². The maximum atomic E-state index is 11.3. The van der Waals surface area contributed by atoms with Gasteiger partial charge in [-0.3, -0.25) is 4.79 Å². The fraction of sp³-hybridized carbons (Fsp3) is 0.286. The number of ether oxygens (including phenoxy) is 1. The fourth-order valence-corrected chi connectivity index (χ4v) is 1.76. The molecule has 1 aromatic heterocycles. The van der Waals surface area contributed by atoms with Gasteiger partial charge in [0.25, 0.3) is 5.91 Å². The van der Waals surface area contributed by atoms with Crippen LogP contribution >= 0.6 is 0 Å². The van der Waals surface area contributed by atoms with Gasteiger partial charge in [-0.1, -0.05) is 18.2 Å². The van der Waals surface area contributed by atoms with Gasteiger partial charge < -0.3 is 14.5 Å². The molecule has 1 N–H and O–H groups in total. The highest BCUT2D eigenvalue weighted by Crippen LogP contribution is 2.17. The van der Waals surface area contributed by atoms with E-state index in [9.17, 15) is 4.79 Å². The van der Waals surface area contributed by atoms with E-state index in [1.54, 1.807) is 6.26 Å². The van der Waals surface area contributed by atoms with Gasteiger partial charge in [-0.25, -0.2) is 4.98 Å². The Labute approximate surface area is 110 Å².